The fourth-order valence-corrected chi connectivity index (χ4v) is 2.51. The fraction of sp³-hybridized carbons (Fsp3) is 0.923. The highest BCUT2D eigenvalue weighted by Crippen LogP contribution is 2.50. The molecule has 0 saturated heterocycles. The maximum Gasteiger partial charge on any atom is 0.181 e. The minimum atomic E-state index is -0.150. The number of ether oxygens (including phenoxy) is 1. The van der Waals surface area contributed by atoms with E-state index in [1.807, 2.05) is 6.92 Å². The van der Waals surface area contributed by atoms with Crippen LogP contribution in [0.1, 0.15) is 61.3 Å². The van der Waals surface area contributed by atoms with Gasteiger partial charge in [-0.3, -0.25) is 0 Å². The Hall–Kier alpha value is -0.530. The van der Waals surface area contributed by atoms with Crippen LogP contribution in [0.5, 0.6) is 0 Å². The van der Waals surface area contributed by atoms with Crippen molar-refractivity contribution in [3.8, 4) is 0 Å². The van der Waals surface area contributed by atoms with Crippen molar-refractivity contribution in [3.05, 3.63) is 0 Å². The Morgan fingerprint density at radius 1 is 1.13 bits per heavy atom. The van der Waals surface area contributed by atoms with Gasteiger partial charge in [0.2, 0.25) is 0 Å². The molecule has 0 spiro atoms. The molecule has 1 rings (SSSR count). The van der Waals surface area contributed by atoms with Gasteiger partial charge in [0.25, 0.3) is 0 Å². The average molecular weight is 211 g/mol. The van der Waals surface area contributed by atoms with Crippen LogP contribution < -0.4 is 0 Å². The minimum absolute atomic E-state index is 0.00637. The van der Waals surface area contributed by atoms with E-state index in [0.29, 0.717) is 0 Å². The highest BCUT2D eigenvalue weighted by molar-refractivity contribution is 5.75. The third-order valence-electron chi connectivity index (χ3n) is 4.40. The van der Waals surface area contributed by atoms with E-state index in [0.717, 1.165) is 18.7 Å². The molecule has 0 aromatic rings. The number of nitrogens with zero attached hydrogens (tertiary/aromatic N) is 1. The molecule has 1 aliphatic rings. The lowest BCUT2D eigenvalue weighted by molar-refractivity contribution is -0.0848. The molecule has 1 aliphatic heterocycles. The average Bonchev–Trinajstić information content (AvgIpc) is 1.99. The van der Waals surface area contributed by atoms with E-state index >= 15 is 0 Å². The van der Waals surface area contributed by atoms with Gasteiger partial charge in [-0.15, -0.1) is 0 Å². The smallest absolute Gasteiger partial charge is 0.181 e. The van der Waals surface area contributed by atoms with E-state index in [1.54, 1.807) is 0 Å². The summed E-state index contributed by atoms with van der Waals surface area (Å²) in [5.41, 5.74) is -0.105. The lowest BCUT2D eigenvalue weighted by Gasteiger charge is -2.54. The van der Waals surface area contributed by atoms with Crippen LogP contribution in [-0.4, -0.2) is 17.0 Å². The summed E-state index contributed by atoms with van der Waals surface area (Å²) in [5.74, 6) is 0.829. The molecule has 0 N–H and O–H groups in total. The number of aliphatic imine (C=N–C) groups is 1. The van der Waals surface area contributed by atoms with Crippen molar-refractivity contribution in [2.24, 2.45) is 10.4 Å². The van der Waals surface area contributed by atoms with E-state index < -0.39 is 0 Å². The molecular weight excluding hydrogens is 186 g/mol. The van der Waals surface area contributed by atoms with Gasteiger partial charge in [0.15, 0.2) is 5.90 Å². The van der Waals surface area contributed by atoms with Crippen LogP contribution in [0.2, 0.25) is 0 Å². The van der Waals surface area contributed by atoms with Crippen molar-refractivity contribution in [2.45, 2.75) is 72.4 Å². The van der Waals surface area contributed by atoms with Gasteiger partial charge in [-0.05, 0) is 27.2 Å². The van der Waals surface area contributed by atoms with E-state index in [4.69, 9.17) is 9.73 Å². The first-order chi connectivity index (χ1) is 6.66. The van der Waals surface area contributed by atoms with Gasteiger partial charge in [0.1, 0.15) is 5.60 Å². The Kier molecular flexibility index (Phi) is 2.92. The molecule has 1 heterocycles. The largest absolute Gasteiger partial charge is 0.475 e. The number of rotatable bonds is 2. The van der Waals surface area contributed by atoms with E-state index in [2.05, 4.69) is 41.5 Å². The second kappa shape index (κ2) is 3.50. The number of hydrogen-bond acceptors (Lipinski definition) is 2. The Morgan fingerprint density at radius 2 is 1.67 bits per heavy atom. The zero-order valence-corrected chi connectivity index (χ0v) is 11.3. The lowest BCUT2D eigenvalue weighted by atomic mass is 9.62. The molecule has 0 aromatic carbocycles. The van der Waals surface area contributed by atoms with E-state index in [1.165, 1.54) is 0 Å². The van der Waals surface area contributed by atoms with Crippen LogP contribution in [0.4, 0.5) is 0 Å². The standard InChI is InChI=1S/C13H25NO/c1-8-9-13(7)11(3,4)12(5,6)15-10(2)14-13/h8-9H2,1-7H3. The van der Waals surface area contributed by atoms with Crippen molar-refractivity contribution < 1.29 is 4.74 Å². The van der Waals surface area contributed by atoms with Crippen LogP contribution in [0.25, 0.3) is 0 Å². The van der Waals surface area contributed by atoms with E-state index in [-0.39, 0.29) is 16.6 Å². The van der Waals surface area contributed by atoms with Gasteiger partial charge in [-0.2, -0.15) is 0 Å². The predicted molar refractivity (Wildman–Crippen MR) is 65.4 cm³/mol. The van der Waals surface area contributed by atoms with Gasteiger partial charge in [0, 0.05) is 12.3 Å². The van der Waals surface area contributed by atoms with Crippen LogP contribution in [0, 0.1) is 5.41 Å². The third-order valence-corrected chi connectivity index (χ3v) is 4.40. The molecule has 0 amide bonds. The van der Waals surface area contributed by atoms with Crippen LogP contribution in [0.15, 0.2) is 4.99 Å². The van der Waals surface area contributed by atoms with Crippen LogP contribution in [-0.2, 0) is 4.74 Å². The monoisotopic (exact) mass is 211 g/mol. The highest BCUT2D eigenvalue weighted by Gasteiger charge is 2.54. The maximum atomic E-state index is 5.88. The molecule has 88 valence electrons. The quantitative estimate of drug-likeness (QED) is 0.681. The molecule has 0 radical (unpaired) electrons. The van der Waals surface area contributed by atoms with Gasteiger partial charge in [0.05, 0.1) is 5.54 Å². The molecule has 2 nitrogen and oxygen atoms in total. The molecular formula is C13H25NO. The summed E-state index contributed by atoms with van der Waals surface area (Å²) in [5, 5.41) is 0. The normalized spacial score (nSPS) is 33.1. The summed E-state index contributed by atoms with van der Waals surface area (Å²) >= 11 is 0. The summed E-state index contributed by atoms with van der Waals surface area (Å²) in [6, 6.07) is 0. The van der Waals surface area contributed by atoms with Gasteiger partial charge < -0.3 is 4.74 Å². The molecule has 0 bridgehead atoms. The predicted octanol–water partition coefficient (Wildman–Crippen LogP) is 3.80. The summed E-state index contributed by atoms with van der Waals surface area (Å²) < 4.78 is 5.88. The number of hydrogen-bond donors (Lipinski definition) is 0. The summed E-state index contributed by atoms with van der Waals surface area (Å²) in [7, 11) is 0. The first kappa shape index (κ1) is 12.5. The maximum absolute atomic E-state index is 5.88. The Morgan fingerprint density at radius 3 is 2.13 bits per heavy atom. The van der Waals surface area contributed by atoms with Crippen molar-refractivity contribution in [2.75, 3.05) is 0 Å². The molecule has 0 aromatic heterocycles. The Labute approximate surface area is 94.1 Å². The van der Waals surface area contributed by atoms with Gasteiger partial charge in [-0.25, -0.2) is 4.99 Å². The molecule has 15 heavy (non-hydrogen) atoms. The fourth-order valence-electron chi connectivity index (χ4n) is 2.51. The Bertz CT molecular complexity index is 278. The molecule has 1 unspecified atom stereocenters. The molecule has 1 atom stereocenters. The van der Waals surface area contributed by atoms with Crippen molar-refractivity contribution in [1.82, 2.24) is 0 Å². The van der Waals surface area contributed by atoms with Gasteiger partial charge in [-0.1, -0.05) is 27.2 Å². The van der Waals surface area contributed by atoms with Gasteiger partial charge >= 0.3 is 0 Å². The molecule has 2 heteroatoms. The van der Waals surface area contributed by atoms with Crippen molar-refractivity contribution in [3.63, 3.8) is 0 Å². The minimum Gasteiger partial charge on any atom is -0.475 e. The molecule has 0 aliphatic carbocycles. The van der Waals surface area contributed by atoms with Crippen molar-refractivity contribution >= 4 is 5.90 Å². The zero-order valence-electron chi connectivity index (χ0n) is 11.3. The lowest BCUT2D eigenvalue weighted by Crippen LogP contribution is -2.58. The van der Waals surface area contributed by atoms with Crippen molar-refractivity contribution in [1.29, 1.82) is 0 Å². The molecule has 0 fully saturated rings. The second-order valence-corrected chi connectivity index (χ2v) is 5.89. The molecule has 0 saturated carbocycles. The zero-order chi connectivity index (χ0) is 11.9. The topological polar surface area (TPSA) is 21.6 Å². The third kappa shape index (κ3) is 1.79. The van der Waals surface area contributed by atoms with Crippen LogP contribution in [0.3, 0.4) is 0 Å². The SMILES string of the molecule is CCCC1(C)N=C(C)OC(C)(C)C1(C)C. The highest BCUT2D eigenvalue weighted by atomic mass is 16.5. The first-order valence-corrected chi connectivity index (χ1v) is 5.92. The van der Waals surface area contributed by atoms with E-state index in [9.17, 15) is 0 Å². The Balaban J connectivity index is 3.19. The second-order valence-electron chi connectivity index (χ2n) is 5.89. The van der Waals surface area contributed by atoms with Crippen LogP contribution >= 0.6 is 0 Å². The first-order valence-electron chi connectivity index (χ1n) is 5.92. The summed E-state index contributed by atoms with van der Waals surface area (Å²) in [6.45, 7) is 15.3. The summed E-state index contributed by atoms with van der Waals surface area (Å²) in [4.78, 5) is 4.75. The summed E-state index contributed by atoms with van der Waals surface area (Å²) in [6.07, 6.45) is 2.27.